The summed E-state index contributed by atoms with van der Waals surface area (Å²) in [6, 6.07) is 1.93. The Morgan fingerprint density at radius 3 is 2.69 bits per heavy atom. The van der Waals surface area contributed by atoms with E-state index in [4.69, 9.17) is 0 Å². The lowest BCUT2D eigenvalue weighted by Crippen LogP contribution is -2.38. The molecule has 1 N–H and O–H groups in total. The second-order valence-electron chi connectivity index (χ2n) is 4.19. The van der Waals surface area contributed by atoms with Gasteiger partial charge in [-0.15, -0.1) is 0 Å². The van der Waals surface area contributed by atoms with Crippen LogP contribution in [0.1, 0.15) is 30.0 Å². The standard InChI is InChI=1S/C11H18BrN3O/c1-7(6-12)9(3)13-11(16)10-5-8(2)14-15(10)4/h5,7,9H,6H2,1-4H3,(H,13,16). The first-order valence-electron chi connectivity index (χ1n) is 5.33. The van der Waals surface area contributed by atoms with Crippen LogP contribution >= 0.6 is 15.9 Å². The second kappa shape index (κ2) is 5.48. The summed E-state index contributed by atoms with van der Waals surface area (Å²) >= 11 is 3.41. The Morgan fingerprint density at radius 1 is 1.62 bits per heavy atom. The van der Waals surface area contributed by atoms with Crippen molar-refractivity contribution in [2.24, 2.45) is 13.0 Å². The predicted molar refractivity (Wildman–Crippen MR) is 67.8 cm³/mol. The van der Waals surface area contributed by atoms with Gasteiger partial charge in [-0.1, -0.05) is 22.9 Å². The lowest BCUT2D eigenvalue weighted by atomic mass is 10.1. The first-order valence-corrected chi connectivity index (χ1v) is 6.45. The smallest absolute Gasteiger partial charge is 0.269 e. The van der Waals surface area contributed by atoms with E-state index >= 15 is 0 Å². The highest BCUT2D eigenvalue weighted by molar-refractivity contribution is 9.09. The number of rotatable bonds is 4. The Kier molecular flexibility index (Phi) is 4.53. The van der Waals surface area contributed by atoms with Crippen LogP contribution in [0.25, 0.3) is 0 Å². The highest BCUT2D eigenvalue weighted by Crippen LogP contribution is 2.08. The van der Waals surface area contributed by atoms with E-state index in [1.54, 1.807) is 17.8 Å². The van der Waals surface area contributed by atoms with E-state index < -0.39 is 0 Å². The Hall–Kier alpha value is -0.840. The monoisotopic (exact) mass is 287 g/mol. The second-order valence-corrected chi connectivity index (χ2v) is 4.84. The van der Waals surface area contributed by atoms with Gasteiger partial charge in [-0.25, -0.2) is 0 Å². The Bertz CT molecular complexity index is 375. The van der Waals surface area contributed by atoms with E-state index in [1.165, 1.54) is 0 Å². The van der Waals surface area contributed by atoms with Crippen molar-refractivity contribution in [1.82, 2.24) is 15.1 Å². The quantitative estimate of drug-likeness (QED) is 0.860. The molecule has 0 aromatic carbocycles. The fraction of sp³-hybridized carbons (Fsp3) is 0.636. The van der Waals surface area contributed by atoms with Gasteiger partial charge in [0.1, 0.15) is 5.69 Å². The maximum Gasteiger partial charge on any atom is 0.269 e. The molecule has 0 aliphatic carbocycles. The molecule has 0 aliphatic heterocycles. The molecule has 1 rings (SSSR count). The zero-order chi connectivity index (χ0) is 12.3. The van der Waals surface area contributed by atoms with Crippen molar-refractivity contribution in [3.63, 3.8) is 0 Å². The molecule has 0 spiro atoms. The summed E-state index contributed by atoms with van der Waals surface area (Å²) in [7, 11) is 1.78. The van der Waals surface area contributed by atoms with E-state index in [-0.39, 0.29) is 11.9 Å². The normalized spacial score (nSPS) is 14.6. The van der Waals surface area contributed by atoms with Crippen molar-refractivity contribution in [2.75, 3.05) is 5.33 Å². The van der Waals surface area contributed by atoms with E-state index in [0.29, 0.717) is 11.6 Å². The van der Waals surface area contributed by atoms with Crippen LogP contribution in [-0.2, 0) is 7.05 Å². The fourth-order valence-electron chi connectivity index (χ4n) is 1.38. The van der Waals surface area contributed by atoms with Crippen LogP contribution in [0.5, 0.6) is 0 Å². The molecule has 2 unspecified atom stereocenters. The molecule has 1 amide bonds. The molecule has 0 aliphatic rings. The molecular weight excluding hydrogens is 270 g/mol. The van der Waals surface area contributed by atoms with E-state index in [9.17, 15) is 4.79 Å². The first kappa shape index (κ1) is 13.2. The summed E-state index contributed by atoms with van der Waals surface area (Å²) in [6.07, 6.45) is 0. The minimum Gasteiger partial charge on any atom is -0.348 e. The molecule has 2 atom stereocenters. The topological polar surface area (TPSA) is 46.9 Å². The van der Waals surface area contributed by atoms with Gasteiger partial charge in [0.15, 0.2) is 0 Å². The van der Waals surface area contributed by atoms with Gasteiger partial charge in [0.25, 0.3) is 5.91 Å². The van der Waals surface area contributed by atoms with E-state index in [1.807, 2.05) is 13.8 Å². The summed E-state index contributed by atoms with van der Waals surface area (Å²) in [5.41, 5.74) is 1.46. The van der Waals surface area contributed by atoms with Gasteiger partial charge in [-0.05, 0) is 25.8 Å². The number of nitrogens with zero attached hydrogens (tertiary/aromatic N) is 2. The summed E-state index contributed by atoms with van der Waals surface area (Å²) in [5, 5.41) is 8.00. The zero-order valence-corrected chi connectivity index (χ0v) is 11.7. The molecule has 0 saturated carbocycles. The number of aromatic nitrogens is 2. The van der Waals surface area contributed by atoms with Gasteiger partial charge in [0.05, 0.1) is 5.69 Å². The first-order chi connectivity index (χ1) is 7.45. The van der Waals surface area contributed by atoms with Crippen LogP contribution < -0.4 is 5.32 Å². The third-order valence-electron chi connectivity index (χ3n) is 2.69. The number of hydrogen-bond acceptors (Lipinski definition) is 2. The molecule has 1 aromatic rings. The third kappa shape index (κ3) is 3.07. The number of nitrogens with one attached hydrogen (secondary N) is 1. The number of halogens is 1. The summed E-state index contributed by atoms with van der Waals surface area (Å²) in [4.78, 5) is 11.9. The van der Waals surface area contributed by atoms with Gasteiger partial charge in [0.2, 0.25) is 0 Å². The molecule has 5 heteroatoms. The van der Waals surface area contributed by atoms with Crippen molar-refractivity contribution in [3.8, 4) is 0 Å². The molecule has 0 fully saturated rings. The van der Waals surface area contributed by atoms with Gasteiger partial charge in [-0.2, -0.15) is 5.10 Å². The fourth-order valence-corrected chi connectivity index (χ4v) is 1.94. The zero-order valence-electron chi connectivity index (χ0n) is 10.1. The number of amides is 1. The van der Waals surface area contributed by atoms with Gasteiger partial charge >= 0.3 is 0 Å². The number of carbonyl (C=O) groups is 1. The van der Waals surface area contributed by atoms with Crippen molar-refractivity contribution in [3.05, 3.63) is 17.5 Å². The minimum absolute atomic E-state index is 0.0663. The van der Waals surface area contributed by atoms with E-state index in [0.717, 1.165) is 11.0 Å². The van der Waals surface area contributed by atoms with Crippen molar-refractivity contribution >= 4 is 21.8 Å². The lowest BCUT2D eigenvalue weighted by Gasteiger charge is -2.19. The maximum absolute atomic E-state index is 11.9. The molecule has 0 radical (unpaired) electrons. The van der Waals surface area contributed by atoms with Gasteiger partial charge in [-0.3, -0.25) is 9.48 Å². The van der Waals surface area contributed by atoms with Crippen molar-refractivity contribution < 1.29 is 4.79 Å². The Morgan fingerprint density at radius 2 is 2.25 bits per heavy atom. The predicted octanol–water partition coefficient (Wildman–Crippen LogP) is 1.88. The maximum atomic E-state index is 11.9. The Balaban J connectivity index is 2.69. The highest BCUT2D eigenvalue weighted by atomic mass is 79.9. The number of carbonyl (C=O) groups excluding carboxylic acids is 1. The van der Waals surface area contributed by atoms with Gasteiger partial charge in [0, 0.05) is 18.4 Å². The van der Waals surface area contributed by atoms with E-state index in [2.05, 4.69) is 33.3 Å². The number of aryl methyl sites for hydroxylation is 2. The molecular formula is C11H18BrN3O. The Labute approximate surface area is 105 Å². The summed E-state index contributed by atoms with van der Waals surface area (Å²) in [5.74, 6) is 0.335. The molecule has 4 nitrogen and oxygen atoms in total. The molecule has 16 heavy (non-hydrogen) atoms. The number of alkyl halides is 1. The molecule has 0 saturated heterocycles. The van der Waals surface area contributed by atoms with Crippen molar-refractivity contribution in [2.45, 2.75) is 26.8 Å². The SMILES string of the molecule is Cc1cc(C(=O)NC(C)C(C)CBr)n(C)n1. The van der Waals surface area contributed by atoms with Crippen LogP contribution in [0.15, 0.2) is 6.07 Å². The van der Waals surface area contributed by atoms with Crippen LogP contribution in [0.3, 0.4) is 0 Å². The average Bonchev–Trinajstić information content (AvgIpc) is 2.56. The third-order valence-corrected chi connectivity index (χ3v) is 3.71. The molecule has 1 aromatic heterocycles. The molecule has 90 valence electrons. The lowest BCUT2D eigenvalue weighted by molar-refractivity contribution is 0.0921. The average molecular weight is 288 g/mol. The molecule has 0 bridgehead atoms. The van der Waals surface area contributed by atoms with Crippen LogP contribution in [0.4, 0.5) is 0 Å². The number of hydrogen-bond donors (Lipinski definition) is 1. The summed E-state index contributed by atoms with van der Waals surface area (Å²) < 4.78 is 1.61. The minimum atomic E-state index is -0.0663. The molecule has 1 heterocycles. The van der Waals surface area contributed by atoms with Crippen LogP contribution in [0.2, 0.25) is 0 Å². The summed E-state index contributed by atoms with van der Waals surface area (Å²) in [6.45, 7) is 5.97. The van der Waals surface area contributed by atoms with Crippen LogP contribution in [0, 0.1) is 12.8 Å². The van der Waals surface area contributed by atoms with Crippen molar-refractivity contribution in [1.29, 1.82) is 0 Å². The largest absolute Gasteiger partial charge is 0.348 e. The van der Waals surface area contributed by atoms with Gasteiger partial charge < -0.3 is 5.32 Å². The highest BCUT2D eigenvalue weighted by Gasteiger charge is 2.17. The van der Waals surface area contributed by atoms with Crippen LogP contribution in [-0.4, -0.2) is 27.1 Å².